The second-order valence-corrected chi connectivity index (χ2v) is 4.86. The van der Waals surface area contributed by atoms with Crippen LogP contribution in [0.3, 0.4) is 0 Å². The standard InChI is InChI=1S/C14H24N4O3/c1-6-18-11(4)12(9(2)17-18)7-8-15-14(20)16-10(3)13(19)21-5/h10H,6-8H2,1-5H3,(H2,15,16,20)/t10-/m1/s1. The van der Waals surface area contributed by atoms with Gasteiger partial charge in [-0.2, -0.15) is 5.10 Å². The topological polar surface area (TPSA) is 85.3 Å². The number of amides is 2. The van der Waals surface area contributed by atoms with E-state index in [-0.39, 0.29) is 6.03 Å². The number of carbonyl (C=O) groups is 2. The average molecular weight is 296 g/mol. The van der Waals surface area contributed by atoms with Gasteiger partial charge in [-0.1, -0.05) is 0 Å². The highest BCUT2D eigenvalue weighted by atomic mass is 16.5. The summed E-state index contributed by atoms with van der Waals surface area (Å²) in [5, 5.41) is 9.68. The molecule has 118 valence electrons. The first-order valence-corrected chi connectivity index (χ1v) is 7.05. The molecule has 0 unspecified atom stereocenters. The number of hydrogen-bond acceptors (Lipinski definition) is 4. The van der Waals surface area contributed by atoms with Crippen LogP contribution < -0.4 is 10.6 Å². The van der Waals surface area contributed by atoms with E-state index in [2.05, 4.69) is 20.5 Å². The molecule has 1 atom stereocenters. The fraction of sp³-hybridized carbons (Fsp3) is 0.643. The molecule has 0 aliphatic rings. The van der Waals surface area contributed by atoms with Crippen LogP contribution in [0.5, 0.6) is 0 Å². The predicted molar refractivity (Wildman–Crippen MR) is 79.1 cm³/mol. The Balaban J connectivity index is 2.45. The van der Waals surface area contributed by atoms with Gasteiger partial charge in [0, 0.05) is 18.8 Å². The third kappa shape index (κ3) is 4.47. The van der Waals surface area contributed by atoms with Gasteiger partial charge in [-0.3, -0.25) is 4.68 Å². The van der Waals surface area contributed by atoms with Gasteiger partial charge in [0.2, 0.25) is 0 Å². The van der Waals surface area contributed by atoms with E-state index in [0.29, 0.717) is 13.0 Å². The van der Waals surface area contributed by atoms with Crippen molar-refractivity contribution in [2.45, 2.75) is 46.7 Å². The second kappa shape index (κ2) is 7.66. The fourth-order valence-corrected chi connectivity index (χ4v) is 2.19. The number of carbonyl (C=O) groups excluding carboxylic acids is 2. The van der Waals surface area contributed by atoms with Crippen molar-refractivity contribution in [3.8, 4) is 0 Å². The number of esters is 1. The molecule has 0 spiro atoms. The highest BCUT2D eigenvalue weighted by Crippen LogP contribution is 2.13. The lowest BCUT2D eigenvalue weighted by atomic mass is 10.1. The Kier molecular flexibility index (Phi) is 6.20. The zero-order valence-corrected chi connectivity index (χ0v) is 13.3. The molecule has 2 amide bonds. The van der Waals surface area contributed by atoms with Gasteiger partial charge in [-0.25, -0.2) is 9.59 Å². The van der Waals surface area contributed by atoms with Gasteiger partial charge < -0.3 is 15.4 Å². The molecule has 0 bridgehead atoms. The molecule has 0 saturated heterocycles. The quantitative estimate of drug-likeness (QED) is 0.765. The lowest BCUT2D eigenvalue weighted by Gasteiger charge is -2.12. The van der Waals surface area contributed by atoms with E-state index in [0.717, 1.165) is 23.5 Å². The molecule has 1 heterocycles. The molecule has 1 aromatic heterocycles. The number of nitrogens with one attached hydrogen (secondary N) is 2. The smallest absolute Gasteiger partial charge is 0.328 e. The number of aromatic nitrogens is 2. The van der Waals surface area contributed by atoms with Crippen LogP contribution in [0, 0.1) is 13.8 Å². The van der Waals surface area contributed by atoms with E-state index in [4.69, 9.17) is 0 Å². The fourth-order valence-electron chi connectivity index (χ4n) is 2.19. The summed E-state index contributed by atoms with van der Waals surface area (Å²) in [6.45, 7) is 8.92. The van der Waals surface area contributed by atoms with Crippen molar-refractivity contribution in [3.63, 3.8) is 0 Å². The van der Waals surface area contributed by atoms with Gasteiger partial charge in [0.15, 0.2) is 0 Å². The normalized spacial score (nSPS) is 11.9. The molecule has 2 N–H and O–H groups in total. The van der Waals surface area contributed by atoms with E-state index in [1.165, 1.54) is 7.11 Å². The van der Waals surface area contributed by atoms with Gasteiger partial charge in [0.25, 0.3) is 0 Å². The van der Waals surface area contributed by atoms with E-state index in [1.807, 2.05) is 25.5 Å². The molecule has 1 rings (SSSR count). The summed E-state index contributed by atoms with van der Waals surface area (Å²) >= 11 is 0. The predicted octanol–water partition coefficient (Wildman–Crippen LogP) is 0.923. The highest BCUT2D eigenvalue weighted by Gasteiger charge is 2.15. The molecule has 0 aliphatic heterocycles. The number of hydrogen-bond donors (Lipinski definition) is 2. The van der Waals surface area contributed by atoms with Gasteiger partial charge in [-0.05, 0) is 39.7 Å². The monoisotopic (exact) mass is 296 g/mol. The van der Waals surface area contributed by atoms with Crippen LogP contribution in [-0.2, 0) is 22.5 Å². The Morgan fingerprint density at radius 3 is 2.57 bits per heavy atom. The molecule has 1 aromatic rings. The molecule has 0 saturated carbocycles. The molecule has 7 heteroatoms. The van der Waals surface area contributed by atoms with Crippen LogP contribution in [0.4, 0.5) is 4.79 Å². The second-order valence-electron chi connectivity index (χ2n) is 4.86. The van der Waals surface area contributed by atoms with Crippen LogP contribution >= 0.6 is 0 Å². The summed E-state index contributed by atoms with van der Waals surface area (Å²) < 4.78 is 6.49. The molecule has 7 nitrogen and oxygen atoms in total. The maximum absolute atomic E-state index is 11.6. The minimum absolute atomic E-state index is 0.383. The maximum Gasteiger partial charge on any atom is 0.328 e. The Hall–Kier alpha value is -2.05. The van der Waals surface area contributed by atoms with E-state index in [1.54, 1.807) is 6.92 Å². The number of urea groups is 1. The zero-order chi connectivity index (χ0) is 16.0. The Morgan fingerprint density at radius 2 is 2.05 bits per heavy atom. The van der Waals surface area contributed by atoms with Crippen LogP contribution in [0.2, 0.25) is 0 Å². The lowest BCUT2D eigenvalue weighted by Crippen LogP contribution is -2.45. The van der Waals surface area contributed by atoms with E-state index < -0.39 is 12.0 Å². The van der Waals surface area contributed by atoms with Gasteiger partial charge in [-0.15, -0.1) is 0 Å². The SMILES string of the molecule is CCn1nc(C)c(CCNC(=O)N[C@H](C)C(=O)OC)c1C. The third-order valence-electron chi connectivity index (χ3n) is 3.39. The van der Waals surface area contributed by atoms with Crippen molar-refractivity contribution in [2.24, 2.45) is 0 Å². The molecule has 21 heavy (non-hydrogen) atoms. The first kappa shape index (κ1) is 17.0. The first-order chi connectivity index (χ1) is 9.90. The van der Waals surface area contributed by atoms with Crippen LogP contribution in [0.15, 0.2) is 0 Å². The Labute approximate surface area is 125 Å². The number of nitrogens with zero attached hydrogens (tertiary/aromatic N) is 2. The number of aryl methyl sites for hydroxylation is 2. The Morgan fingerprint density at radius 1 is 1.38 bits per heavy atom. The zero-order valence-electron chi connectivity index (χ0n) is 13.3. The summed E-state index contributed by atoms with van der Waals surface area (Å²) in [4.78, 5) is 22.8. The van der Waals surface area contributed by atoms with Crippen molar-refractivity contribution in [2.75, 3.05) is 13.7 Å². The summed E-state index contributed by atoms with van der Waals surface area (Å²) in [5.74, 6) is -0.471. The van der Waals surface area contributed by atoms with Crippen LogP contribution in [-0.4, -0.2) is 41.5 Å². The molecule has 0 fully saturated rings. The van der Waals surface area contributed by atoms with Crippen molar-refractivity contribution >= 4 is 12.0 Å². The lowest BCUT2D eigenvalue weighted by molar-refractivity contribution is -0.142. The summed E-state index contributed by atoms with van der Waals surface area (Å²) in [6, 6.07) is -1.05. The van der Waals surface area contributed by atoms with Crippen LogP contribution in [0.1, 0.15) is 30.8 Å². The maximum atomic E-state index is 11.6. The van der Waals surface area contributed by atoms with Crippen molar-refractivity contribution in [1.29, 1.82) is 0 Å². The molecule has 0 radical (unpaired) electrons. The summed E-state index contributed by atoms with van der Waals surface area (Å²) in [6.07, 6.45) is 0.706. The van der Waals surface area contributed by atoms with E-state index in [9.17, 15) is 9.59 Å². The van der Waals surface area contributed by atoms with Gasteiger partial charge in [0.1, 0.15) is 6.04 Å². The van der Waals surface area contributed by atoms with Crippen LogP contribution in [0.25, 0.3) is 0 Å². The number of ether oxygens (including phenoxy) is 1. The molecule has 0 aromatic carbocycles. The van der Waals surface area contributed by atoms with E-state index >= 15 is 0 Å². The third-order valence-corrected chi connectivity index (χ3v) is 3.39. The number of methoxy groups -OCH3 is 1. The summed E-state index contributed by atoms with van der Waals surface area (Å²) in [5.41, 5.74) is 3.26. The first-order valence-electron chi connectivity index (χ1n) is 7.05. The average Bonchev–Trinajstić information content (AvgIpc) is 2.73. The number of rotatable bonds is 6. The largest absolute Gasteiger partial charge is 0.467 e. The van der Waals surface area contributed by atoms with Crippen molar-refractivity contribution < 1.29 is 14.3 Å². The summed E-state index contributed by atoms with van der Waals surface area (Å²) in [7, 11) is 1.29. The molecular formula is C14H24N4O3. The molecular weight excluding hydrogens is 272 g/mol. The van der Waals surface area contributed by atoms with Gasteiger partial charge >= 0.3 is 12.0 Å². The molecule has 0 aliphatic carbocycles. The Bertz CT molecular complexity index is 511. The van der Waals surface area contributed by atoms with Crippen molar-refractivity contribution in [3.05, 3.63) is 17.0 Å². The van der Waals surface area contributed by atoms with Crippen molar-refractivity contribution in [1.82, 2.24) is 20.4 Å². The van der Waals surface area contributed by atoms with Gasteiger partial charge in [0.05, 0.1) is 12.8 Å². The minimum Gasteiger partial charge on any atom is -0.467 e. The minimum atomic E-state index is -0.665. The highest BCUT2D eigenvalue weighted by molar-refractivity contribution is 5.83.